The molecule has 24 heavy (non-hydrogen) atoms. The lowest BCUT2D eigenvalue weighted by Gasteiger charge is -2.21. The number of anilines is 3. The van der Waals surface area contributed by atoms with Gasteiger partial charge in [-0.25, -0.2) is 13.8 Å². The van der Waals surface area contributed by atoms with Gasteiger partial charge in [-0.05, 0) is 32.9 Å². The van der Waals surface area contributed by atoms with Crippen LogP contribution in [0.25, 0.3) is 0 Å². The summed E-state index contributed by atoms with van der Waals surface area (Å²) in [4.78, 5) is 7.37. The molecule has 0 saturated carbocycles. The van der Waals surface area contributed by atoms with Crippen molar-refractivity contribution >= 4 is 17.5 Å². The maximum Gasteiger partial charge on any atom is 0.433 e. The number of hydrogen-bond donors (Lipinski definition) is 2. The van der Waals surface area contributed by atoms with Crippen LogP contribution in [0.15, 0.2) is 24.3 Å². The predicted molar refractivity (Wildman–Crippen MR) is 80.1 cm³/mol. The number of halogens is 5. The summed E-state index contributed by atoms with van der Waals surface area (Å²) in [5, 5.41) is 5.26. The minimum atomic E-state index is -4.68. The van der Waals surface area contributed by atoms with Gasteiger partial charge in [-0.2, -0.15) is 18.2 Å². The molecule has 0 aliphatic carbocycles. The highest BCUT2D eigenvalue weighted by Gasteiger charge is 2.34. The van der Waals surface area contributed by atoms with Gasteiger partial charge in [-0.1, -0.05) is 0 Å². The van der Waals surface area contributed by atoms with E-state index in [0.29, 0.717) is 6.07 Å². The maximum atomic E-state index is 13.2. The van der Waals surface area contributed by atoms with Crippen LogP contribution in [0.1, 0.15) is 26.5 Å². The number of benzene rings is 1. The minimum Gasteiger partial charge on any atom is -0.350 e. The van der Waals surface area contributed by atoms with E-state index in [9.17, 15) is 22.0 Å². The smallest absolute Gasteiger partial charge is 0.350 e. The minimum absolute atomic E-state index is 0.0578. The number of nitrogens with zero attached hydrogens (tertiary/aromatic N) is 2. The lowest BCUT2D eigenvalue weighted by Crippen LogP contribution is -2.28. The van der Waals surface area contributed by atoms with Gasteiger partial charge in [0.1, 0.15) is 5.82 Å². The highest BCUT2D eigenvalue weighted by Crippen LogP contribution is 2.31. The van der Waals surface area contributed by atoms with Crippen LogP contribution in [0.3, 0.4) is 0 Å². The summed E-state index contributed by atoms with van der Waals surface area (Å²) in [6, 6.07) is 3.55. The zero-order valence-corrected chi connectivity index (χ0v) is 13.1. The third-order valence-electron chi connectivity index (χ3n) is 2.70. The first-order valence-electron chi connectivity index (χ1n) is 6.90. The number of nitrogens with one attached hydrogen (secondary N) is 2. The molecule has 4 nitrogen and oxygen atoms in total. The van der Waals surface area contributed by atoms with Crippen molar-refractivity contribution < 1.29 is 22.0 Å². The third-order valence-corrected chi connectivity index (χ3v) is 2.70. The summed E-state index contributed by atoms with van der Waals surface area (Å²) < 4.78 is 65.1. The molecule has 0 radical (unpaired) electrons. The SMILES string of the molecule is CC(C)(C)Nc1nc(Nc2ccc(F)c(F)c2)cc(C(F)(F)F)n1. The predicted octanol–water partition coefficient (Wildman–Crippen LogP) is 4.73. The maximum absolute atomic E-state index is 13.2. The second kappa shape index (κ2) is 6.21. The van der Waals surface area contributed by atoms with Crippen LogP contribution >= 0.6 is 0 Å². The van der Waals surface area contributed by atoms with Crippen molar-refractivity contribution in [3.8, 4) is 0 Å². The van der Waals surface area contributed by atoms with Crippen LogP contribution in [0.2, 0.25) is 0 Å². The molecule has 1 heterocycles. The number of hydrogen-bond acceptors (Lipinski definition) is 4. The molecular formula is C15H15F5N4. The molecule has 0 bridgehead atoms. The average Bonchev–Trinajstić information content (AvgIpc) is 2.40. The Kier molecular flexibility index (Phi) is 4.63. The van der Waals surface area contributed by atoms with Crippen molar-refractivity contribution in [1.82, 2.24) is 9.97 Å². The van der Waals surface area contributed by atoms with E-state index >= 15 is 0 Å². The molecule has 0 aliphatic heterocycles. The van der Waals surface area contributed by atoms with Crippen LogP contribution in [0.4, 0.5) is 39.4 Å². The first kappa shape index (κ1) is 17.9. The van der Waals surface area contributed by atoms with Crippen LogP contribution in [-0.4, -0.2) is 15.5 Å². The van der Waals surface area contributed by atoms with Crippen LogP contribution in [0.5, 0.6) is 0 Å². The van der Waals surface area contributed by atoms with Gasteiger partial charge >= 0.3 is 6.18 Å². The molecular weight excluding hydrogens is 331 g/mol. The molecule has 0 amide bonds. The fourth-order valence-electron chi connectivity index (χ4n) is 1.77. The second-order valence-electron chi connectivity index (χ2n) is 6.09. The molecule has 1 aromatic carbocycles. The van der Waals surface area contributed by atoms with Gasteiger partial charge in [0.15, 0.2) is 17.3 Å². The third kappa shape index (κ3) is 4.77. The molecule has 2 rings (SSSR count). The lowest BCUT2D eigenvalue weighted by molar-refractivity contribution is -0.141. The van der Waals surface area contributed by atoms with Gasteiger partial charge in [0.2, 0.25) is 5.95 Å². The molecule has 2 aromatic rings. The fourth-order valence-corrected chi connectivity index (χ4v) is 1.77. The molecule has 9 heteroatoms. The highest BCUT2D eigenvalue weighted by atomic mass is 19.4. The van der Waals surface area contributed by atoms with Crippen molar-refractivity contribution in [3.05, 3.63) is 41.6 Å². The summed E-state index contributed by atoms with van der Waals surface area (Å²) in [6.45, 7) is 5.21. The quantitative estimate of drug-likeness (QED) is 0.789. The Hall–Kier alpha value is -2.45. The summed E-state index contributed by atoms with van der Waals surface area (Å²) in [6.07, 6.45) is -4.68. The van der Waals surface area contributed by atoms with E-state index < -0.39 is 29.0 Å². The molecule has 0 fully saturated rings. The summed E-state index contributed by atoms with van der Waals surface area (Å²) in [5.41, 5.74) is -1.67. The van der Waals surface area contributed by atoms with Gasteiger partial charge < -0.3 is 10.6 Å². The van der Waals surface area contributed by atoms with E-state index in [0.717, 1.165) is 12.1 Å². The van der Waals surface area contributed by atoms with Gasteiger partial charge in [-0.3, -0.25) is 0 Å². The lowest BCUT2D eigenvalue weighted by atomic mass is 10.1. The number of rotatable bonds is 3. The van der Waals surface area contributed by atoms with Crippen LogP contribution < -0.4 is 10.6 Å². The Morgan fingerprint density at radius 3 is 2.12 bits per heavy atom. The largest absolute Gasteiger partial charge is 0.433 e. The van der Waals surface area contributed by atoms with E-state index in [2.05, 4.69) is 20.6 Å². The monoisotopic (exact) mass is 346 g/mol. The van der Waals surface area contributed by atoms with Crippen LogP contribution in [-0.2, 0) is 6.18 Å². The standard InChI is InChI=1S/C15H15F5N4/c1-14(2,3)24-13-22-11(15(18,19)20)7-12(23-13)21-8-4-5-9(16)10(17)6-8/h4-7H,1-3H3,(H2,21,22,23,24). The Morgan fingerprint density at radius 1 is 0.917 bits per heavy atom. The van der Waals surface area contributed by atoms with Gasteiger partial charge in [0.25, 0.3) is 0 Å². The van der Waals surface area contributed by atoms with Gasteiger partial charge in [0.05, 0.1) is 0 Å². The van der Waals surface area contributed by atoms with Crippen molar-refractivity contribution in [2.24, 2.45) is 0 Å². The molecule has 130 valence electrons. The Labute approximate surface area is 135 Å². The Balaban J connectivity index is 2.40. The zero-order chi connectivity index (χ0) is 18.1. The molecule has 0 unspecified atom stereocenters. The van der Waals surface area contributed by atoms with E-state index in [4.69, 9.17) is 0 Å². The molecule has 2 N–H and O–H groups in total. The second-order valence-corrected chi connectivity index (χ2v) is 6.09. The topological polar surface area (TPSA) is 49.8 Å². The van der Waals surface area contributed by atoms with Crippen molar-refractivity contribution in [2.75, 3.05) is 10.6 Å². The van der Waals surface area contributed by atoms with Crippen molar-refractivity contribution in [2.45, 2.75) is 32.5 Å². The first-order valence-corrected chi connectivity index (χ1v) is 6.90. The number of alkyl halides is 3. The molecule has 0 saturated heterocycles. The van der Waals surface area contributed by atoms with Crippen LogP contribution in [0, 0.1) is 11.6 Å². The fraction of sp³-hybridized carbons (Fsp3) is 0.333. The Bertz CT molecular complexity index is 738. The highest BCUT2D eigenvalue weighted by molar-refractivity contribution is 5.58. The molecule has 0 spiro atoms. The normalized spacial score (nSPS) is 12.2. The van der Waals surface area contributed by atoms with Gasteiger partial charge in [0, 0.05) is 23.4 Å². The molecule has 1 aromatic heterocycles. The van der Waals surface area contributed by atoms with E-state index in [-0.39, 0.29) is 17.5 Å². The Morgan fingerprint density at radius 2 is 1.58 bits per heavy atom. The summed E-state index contributed by atoms with van der Waals surface area (Å²) in [7, 11) is 0. The number of aromatic nitrogens is 2. The first-order chi connectivity index (χ1) is 10.9. The summed E-state index contributed by atoms with van der Waals surface area (Å²) >= 11 is 0. The molecule has 0 aliphatic rings. The molecule has 0 atom stereocenters. The van der Waals surface area contributed by atoms with Crippen molar-refractivity contribution in [1.29, 1.82) is 0 Å². The van der Waals surface area contributed by atoms with Crippen molar-refractivity contribution in [3.63, 3.8) is 0 Å². The average molecular weight is 346 g/mol. The van der Waals surface area contributed by atoms with E-state index in [1.54, 1.807) is 20.8 Å². The van der Waals surface area contributed by atoms with Gasteiger partial charge in [-0.15, -0.1) is 0 Å². The van der Waals surface area contributed by atoms with E-state index in [1.807, 2.05) is 0 Å². The van der Waals surface area contributed by atoms with E-state index in [1.165, 1.54) is 6.07 Å². The zero-order valence-electron chi connectivity index (χ0n) is 13.1. The summed E-state index contributed by atoms with van der Waals surface area (Å²) in [5.74, 6) is -2.62.